The molecule has 1 aromatic carbocycles. The lowest BCUT2D eigenvalue weighted by Gasteiger charge is -2.32. The Hall–Kier alpha value is -0.970. The molecule has 1 saturated carbocycles. The lowest BCUT2D eigenvalue weighted by Crippen LogP contribution is -2.37. The molecule has 2 unspecified atom stereocenters. The molecule has 114 valence electrons. The van der Waals surface area contributed by atoms with Gasteiger partial charge < -0.3 is 9.84 Å². The van der Waals surface area contributed by atoms with Gasteiger partial charge in [0.15, 0.2) is 0 Å². The van der Waals surface area contributed by atoms with E-state index in [9.17, 15) is 5.11 Å². The molecule has 0 radical (unpaired) electrons. The van der Waals surface area contributed by atoms with E-state index in [0.29, 0.717) is 12.3 Å². The van der Waals surface area contributed by atoms with Crippen molar-refractivity contribution in [3.05, 3.63) is 29.3 Å². The molecule has 1 aliphatic rings. The first-order chi connectivity index (χ1) is 10.3. The molecule has 1 heterocycles. The SMILES string of the molecule is COC(C(O)Cc1nc2ccccc2s1)C1CCCCC1. The zero-order chi connectivity index (χ0) is 14.7. The van der Waals surface area contributed by atoms with Crippen molar-refractivity contribution in [2.45, 2.75) is 50.7 Å². The minimum atomic E-state index is -0.460. The van der Waals surface area contributed by atoms with Crippen LogP contribution < -0.4 is 0 Å². The van der Waals surface area contributed by atoms with E-state index in [1.807, 2.05) is 18.2 Å². The molecule has 0 amide bonds. The van der Waals surface area contributed by atoms with Crippen LogP contribution in [0.3, 0.4) is 0 Å². The van der Waals surface area contributed by atoms with Gasteiger partial charge in [0.25, 0.3) is 0 Å². The van der Waals surface area contributed by atoms with Gasteiger partial charge in [0.1, 0.15) is 0 Å². The van der Waals surface area contributed by atoms with Crippen LogP contribution in [0.15, 0.2) is 24.3 Å². The summed E-state index contributed by atoms with van der Waals surface area (Å²) in [7, 11) is 1.72. The maximum atomic E-state index is 10.6. The minimum absolute atomic E-state index is 0.0580. The number of para-hydroxylation sites is 1. The van der Waals surface area contributed by atoms with Crippen LogP contribution in [0.1, 0.15) is 37.1 Å². The van der Waals surface area contributed by atoms with Gasteiger partial charge in [0, 0.05) is 13.5 Å². The third-order valence-electron chi connectivity index (χ3n) is 4.49. The van der Waals surface area contributed by atoms with Crippen LogP contribution >= 0.6 is 11.3 Å². The Balaban J connectivity index is 1.69. The fraction of sp³-hybridized carbons (Fsp3) is 0.588. The van der Waals surface area contributed by atoms with Gasteiger partial charge >= 0.3 is 0 Å². The molecule has 2 aromatic rings. The zero-order valence-electron chi connectivity index (χ0n) is 12.5. The molecule has 1 aliphatic carbocycles. The Morgan fingerprint density at radius 1 is 1.29 bits per heavy atom. The van der Waals surface area contributed by atoms with Gasteiger partial charge in [-0.2, -0.15) is 0 Å². The van der Waals surface area contributed by atoms with Crippen LogP contribution in [0, 0.1) is 5.92 Å². The second-order valence-corrected chi connectivity index (χ2v) is 7.06. The molecular formula is C17H23NO2S. The largest absolute Gasteiger partial charge is 0.390 e. The highest BCUT2D eigenvalue weighted by molar-refractivity contribution is 7.18. The van der Waals surface area contributed by atoms with Crippen LogP contribution in [0.25, 0.3) is 10.2 Å². The molecule has 2 atom stereocenters. The van der Waals surface area contributed by atoms with Crippen molar-refractivity contribution in [2.24, 2.45) is 5.92 Å². The Morgan fingerprint density at radius 3 is 2.76 bits per heavy atom. The molecule has 3 nitrogen and oxygen atoms in total. The van der Waals surface area contributed by atoms with Gasteiger partial charge in [-0.25, -0.2) is 4.98 Å². The fourth-order valence-electron chi connectivity index (χ4n) is 3.43. The maximum Gasteiger partial charge on any atom is 0.0965 e. The fourth-order valence-corrected chi connectivity index (χ4v) is 4.45. The number of aliphatic hydroxyl groups excluding tert-OH is 1. The quantitative estimate of drug-likeness (QED) is 0.913. The van der Waals surface area contributed by atoms with Crippen LogP contribution in [0.2, 0.25) is 0 Å². The van der Waals surface area contributed by atoms with Crippen LogP contribution in [0.4, 0.5) is 0 Å². The third kappa shape index (κ3) is 3.44. The van der Waals surface area contributed by atoms with Crippen LogP contribution in [-0.2, 0) is 11.2 Å². The first-order valence-corrected chi connectivity index (χ1v) is 8.65. The van der Waals surface area contributed by atoms with E-state index in [0.717, 1.165) is 10.5 Å². The van der Waals surface area contributed by atoms with Crippen molar-refractivity contribution in [1.29, 1.82) is 0 Å². The van der Waals surface area contributed by atoms with Crippen LogP contribution in [-0.4, -0.2) is 29.4 Å². The summed E-state index contributed by atoms with van der Waals surface area (Å²) < 4.78 is 6.81. The smallest absolute Gasteiger partial charge is 0.0965 e. The van der Waals surface area contributed by atoms with E-state index in [-0.39, 0.29) is 6.10 Å². The summed E-state index contributed by atoms with van der Waals surface area (Å²) in [6.45, 7) is 0. The van der Waals surface area contributed by atoms with Crippen LogP contribution in [0.5, 0.6) is 0 Å². The molecule has 1 N–H and O–H groups in total. The molecule has 0 saturated heterocycles. The number of hydrogen-bond acceptors (Lipinski definition) is 4. The van der Waals surface area contributed by atoms with E-state index in [2.05, 4.69) is 11.1 Å². The molecule has 4 heteroatoms. The summed E-state index contributed by atoms with van der Waals surface area (Å²) in [5.41, 5.74) is 1.02. The predicted molar refractivity (Wildman–Crippen MR) is 86.7 cm³/mol. The second-order valence-electron chi connectivity index (χ2n) is 5.95. The number of ether oxygens (including phenoxy) is 1. The van der Waals surface area contributed by atoms with Gasteiger partial charge in [-0.05, 0) is 30.9 Å². The van der Waals surface area contributed by atoms with Gasteiger partial charge in [-0.15, -0.1) is 11.3 Å². The number of nitrogens with zero attached hydrogens (tertiary/aromatic N) is 1. The normalized spacial score (nSPS) is 19.7. The first kappa shape index (κ1) is 14.9. The average Bonchev–Trinajstić information content (AvgIpc) is 2.91. The van der Waals surface area contributed by atoms with E-state index in [1.54, 1.807) is 18.4 Å². The van der Waals surface area contributed by atoms with Crippen molar-refractivity contribution in [2.75, 3.05) is 7.11 Å². The monoisotopic (exact) mass is 305 g/mol. The minimum Gasteiger partial charge on any atom is -0.390 e. The second kappa shape index (κ2) is 6.86. The number of hydrogen-bond donors (Lipinski definition) is 1. The molecular weight excluding hydrogens is 282 g/mol. The summed E-state index contributed by atoms with van der Waals surface area (Å²) in [4.78, 5) is 4.62. The van der Waals surface area contributed by atoms with Gasteiger partial charge in [-0.1, -0.05) is 31.4 Å². The van der Waals surface area contributed by atoms with Crippen molar-refractivity contribution in [3.63, 3.8) is 0 Å². The summed E-state index contributed by atoms with van der Waals surface area (Å²) in [5.74, 6) is 0.494. The van der Waals surface area contributed by atoms with Gasteiger partial charge in [0.2, 0.25) is 0 Å². The highest BCUT2D eigenvalue weighted by atomic mass is 32.1. The molecule has 21 heavy (non-hydrogen) atoms. The number of fused-ring (bicyclic) bond motifs is 1. The Morgan fingerprint density at radius 2 is 2.05 bits per heavy atom. The Labute approximate surface area is 130 Å². The standard InChI is InChI=1S/C17H23NO2S/c1-20-17(12-7-3-2-4-8-12)14(19)11-16-18-13-9-5-6-10-15(13)21-16/h5-6,9-10,12,14,17,19H,2-4,7-8,11H2,1H3. The van der Waals surface area contributed by atoms with Crippen molar-refractivity contribution in [1.82, 2.24) is 4.98 Å². The average molecular weight is 305 g/mol. The molecule has 0 spiro atoms. The number of benzene rings is 1. The number of thiazole rings is 1. The number of rotatable bonds is 5. The van der Waals surface area contributed by atoms with Crippen molar-refractivity contribution >= 4 is 21.6 Å². The molecule has 0 aliphatic heterocycles. The zero-order valence-corrected chi connectivity index (χ0v) is 13.3. The van der Waals surface area contributed by atoms with E-state index in [1.165, 1.54) is 36.8 Å². The first-order valence-electron chi connectivity index (χ1n) is 7.83. The molecule has 3 rings (SSSR count). The molecule has 1 aromatic heterocycles. The summed E-state index contributed by atoms with van der Waals surface area (Å²) in [6, 6.07) is 8.14. The lowest BCUT2D eigenvalue weighted by atomic mass is 9.82. The molecule has 0 bridgehead atoms. The van der Waals surface area contributed by atoms with Crippen molar-refractivity contribution < 1.29 is 9.84 Å². The topological polar surface area (TPSA) is 42.4 Å². The molecule has 1 fully saturated rings. The maximum absolute atomic E-state index is 10.6. The lowest BCUT2D eigenvalue weighted by molar-refractivity contribution is -0.0535. The predicted octanol–water partition coefficient (Wildman–Crippen LogP) is 3.80. The van der Waals surface area contributed by atoms with Crippen molar-refractivity contribution in [3.8, 4) is 0 Å². The Kier molecular flexibility index (Phi) is 4.88. The van der Waals surface area contributed by atoms with E-state index < -0.39 is 6.10 Å². The van der Waals surface area contributed by atoms with E-state index in [4.69, 9.17) is 4.74 Å². The van der Waals surface area contributed by atoms with E-state index >= 15 is 0 Å². The summed E-state index contributed by atoms with van der Waals surface area (Å²) in [5, 5.41) is 11.6. The number of aromatic nitrogens is 1. The Bertz CT molecular complexity index is 544. The number of aliphatic hydroxyl groups is 1. The summed E-state index contributed by atoms with van der Waals surface area (Å²) >= 11 is 1.67. The van der Waals surface area contributed by atoms with Gasteiger partial charge in [-0.3, -0.25) is 0 Å². The highest BCUT2D eigenvalue weighted by Gasteiger charge is 2.30. The third-order valence-corrected chi connectivity index (χ3v) is 5.55. The summed E-state index contributed by atoms with van der Waals surface area (Å²) in [6.07, 6.45) is 6.27. The highest BCUT2D eigenvalue weighted by Crippen LogP contribution is 2.31. The number of methoxy groups -OCH3 is 1. The van der Waals surface area contributed by atoms with Gasteiger partial charge in [0.05, 0.1) is 27.4 Å².